The van der Waals surface area contributed by atoms with Gasteiger partial charge in [0.1, 0.15) is 11.5 Å². The van der Waals surface area contributed by atoms with Crippen molar-refractivity contribution in [3.8, 4) is 23.0 Å². The van der Waals surface area contributed by atoms with Gasteiger partial charge in [0.15, 0.2) is 18.1 Å². The number of methoxy groups -OCH3 is 1. The topological polar surface area (TPSA) is 95.5 Å². The molecule has 0 spiro atoms. The van der Waals surface area contributed by atoms with Gasteiger partial charge in [0.05, 0.1) is 25.5 Å². The second-order valence-corrected chi connectivity index (χ2v) is 10.3. The molecule has 0 aliphatic carbocycles. The van der Waals surface area contributed by atoms with Crippen molar-refractivity contribution in [1.29, 1.82) is 0 Å². The molecular formula is C31H35BrN2O6. The number of amides is 1. The second kappa shape index (κ2) is 15.1. The Balaban J connectivity index is 1.56. The van der Waals surface area contributed by atoms with E-state index in [4.69, 9.17) is 18.9 Å². The quantitative estimate of drug-likeness (QED) is 0.0750. The van der Waals surface area contributed by atoms with E-state index in [0.717, 1.165) is 28.4 Å². The van der Waals surface area contributed by atoms with Gasteiger partial charge in [0.25, 0.3) is 5.91 Å². The Bertz CT molecular complexity index is 1340. The number of carbonyl (C=O) groups excluding carboxylic acids is 2. The number of unbranched alkanes of at least 4 members (excludes halogenated alkanes) is 1. The highest BCUT2D eigenvalue weighted by Gasteiger charge is 2.14. The summed E-state index contributed by atoms with van der Waals surface area (Å²) in [7, 11) is 1.48. The molecule has 3 rings (SSSR count). The normalized spacial score (nSPS) is 11.0. The third kappa shape index (κ3) is 8.84. The summed E-state index contributed by atoms with van der Waals surface area (Å²) >= 11 is 3.54. The Morgan fingerprint density at radius 3 is 2.42 bits per heavy atom. The molecule has 3 aromatic carbocycles. The van der Waals surface area contributed by atoms with Gasteiger partial charge in [-0.25, -0.2) is 10.2 Å². The molecule has 0 bridgehead atoms. The number of nitrogens with one attached hydrogen (secondary N) is 1. The largest absolute Gasteiger partial charge is 0.494 e. The second-order valence-electron chi connectivity index (χ2n) is 9.40. The number of nitrogens with zero attached hydrogens (tertiary/aromatic N) is 1. The molecule has 0 aliphatic heterocycles. The van der Waals surface area contributed by atoms with Crippen LogP contribution in [-0.2, 0) is 4.79 Å². The van der Waals surface area contributed by atoms with Crippen LogP contribution in [-0.4, -0.2) is 38.4 Å². The third-order valence-electron chi connectivity index (χ3n) is 5.92. The fourth-order valence-electron chi connectivity index (χ4n) is 3.63. The zero-order valence-corrected chi connectivity index (χ0v) is 25.0. The summed E-state index contributed by atoms with van der Waals surface area (Å²) in [5.41, 5.74) is 5.52. The molecule has 1 N–H and O–H groups in total. The van der Waals surface area contributed by atoms with Crippen molar-refractivity contribution < 1.29 is 28.5 Å². The molecule has 0 saturated heterocycles. The van der Waals surface area contributed by atoms with E-state index in [0.29, 0.717) is 35.0 Å². The van der Waals surface area contributed by atoms with Crippen LogP contribution in [0.1, 0.15) is 66.6 Å². The van der Waals surface area contributed by atoms with E-state index in [2.05, 4.69) is 47.2 Å². The van der Waals surface area contributed by atoms with Crippen molar-refractivity contribution in [3.63, 3.8) is 0 Å². The molecule has 0 radical (unpaired) electrons. The summed E-state index contributed by atoms with van der Waals surface area (Å²) in [6.45, 7) is 8.65. The standard InChI is InChI=1S/C31H35BrN2O6/c1-6-7-14-38-24-11-9-23(10-12-24)31(36)40-27-13-8-22(16-29(27)37-5)18-33-34-30(35)19-39-28-15-21(4)26(32)17-25(28)20(2)3/h8-13,15-18,20H,6-7,14,19H2,1-5H3,(H,34,35)/b33-18+. The van der Waals surface area contributed by atoms with Crippen molar-refractivity contribution in [2.45, 2.75) is 46.5 Å². The lowest BCUT2D eigenvalue weighted by molar-refractivity contribution is -0.123. The molecule has 0 unspecified atom stereocenters. The number of rotatable bonds is 13. The fourth-order valence-corrected chi connectivity index (χ4v) is 3.99. The average Bonchev–Trinajstić information content (AvgIpc) is 2.94. The van der Waals surface area contributed by atoms with Crippen LogP contribution in [0.3, 0.4) is 0 Å². The van der Waals surface area contributed by atoms with Gasteiger partial charge < -0.3 is 18.9 Å². The molecule has 40 heavy (non-hydrogen) atoms. The van der Waals surface area contributed by atoms with Gasteiger partial charge in [-0.1, -0.05) is 43.1 Å². The first-order valence-corrected chi connectivity index (χ1v) is 13.9. The van der Waals surface area contributed by atoms with Crippen LogP contribution < -0.4 is 24.4 Å². The first-order valence-electron chi connectivity index (χ1n) is 13.1. The minimum atomic E-state index is -0.520. The molecule has 1 amide bonds. The van der Waals surface area contributed by atoms with Gasteiger partial charge in [-0.15, -0.1) is 0 Å². The van der Waals surface area contributed by atoms with Crippen molar-refractivity contribution >= 4 is 34.0 Å². The number of esters is 1. The third-order valence-corrected chi connectivity index (χ3v) is 6.78. The summed E-state index contributed by atoms with van der Waals surface area (Å²) in [6, 6.07) is 15.7. The van der Waals surface area contributed by atoms with E-state index < -0.39 is 11.9 Å². The molecule has 0 saturated carbocycles. The monoisotopic (exact) mass is 610 g/mol. The number of hydrogen-bond donors (Lipinski definition) is 1. The summed E-state index contributed by atoms with van der Waals surface area (Å²) in [6.07, 6.45) is 3.48. The minimum Gasteiger partial charge on any atom is -0.494 e. The van der Waals surface area contributed by atoms with Gasteiger partial charge in [-0.3, -0.25) is 4.79 Å². The van der Waals surface area contributed by atoms with E-state index >= 15 is 0 Å². The minimum absolute atomic E-state index is 0.178. The van der Waals surface area contributed by atoms with Crippen LogP contribution >= 0.6 is 15.9 Å². The number of carbonyl (C=O) groups is 2. The molecule has 0 fully saturated rings. The molecule has 3 aromatic rings. The molecule has 212 valence electrons. The molecule has 8 nitrogen and oxygen atoms in total. The van der Waals surface area contributed by atoms with Crippen LogP contribution in [0.5, 0.6) is 23.0 Å². The Kier molecular flexibility index (Phi) is 11.6. The lowest BCUT2D eigenvalue weighted by Crippen LogP contribution is -2.25. The summed E-state index contributed by atoms with van der Waals surface area (Å²) < 4.78 is 23.3. The molecule has 0 heterocycles. The highest BCUT2D eigenvalue weighted by molar-refractivity contribution is 9.10. The molecule has 0 aliphatic rings. The highest BCUT2D eigenvalue weighted by Crippen LogP contribution is 2.32. The van der Waals surface area contributed by atoms with E-state index in [1.54, 1.807) is 42.5 Å². The Hall–Kier alpha value is -3.85. The van der Waals surface area contributed by atoms with E-state index in [-0.39, 0.29) is 18.3 Å². The SMILES string of the molecule is CCCCOc1ccc(C(=O)Oc2ccc(/C=N/NC(=O)COc3cc(C)c(Br)cc3C(C)C)cc2OC)cc1. The Labute approximate surface area is 243 Å². The van der Waals surface area contributed by atoms with Crippen molar-refractivity contribution in [3.05, 3.63) is 81.3 Å². The number of ether oxygens (including phenoxy) is 4. The van der Waals surface area contributed by atoms with Gasteiger partial charge in [0, 0.05) is 4.47 Å². The molecule has 0 aromatic heterocycles. The van der Waals surface area contributed by atoms with E-state index in [9.17, 15) is 9.59 Å². The summed E-state index contributed by atoms with van der Waals surface area (Å²) in [5, 5.41) is 4.00. The van der Waals surface area contributed by atoms with Crippen molar-refractivity contribution in [2.24, 2.45) is 5.10 Å². The maximum absolute atomic E-state index is 12.6. The molecular weight excluding hydrogens is 576 g/mol. The first-order chi connectivity index (χ1) is 19.2. The number of hydrogen-bond acceptors (Lipinski definition) is 7. The number of benzene rings is 3. The smallest absolute Gasteiger partial charge is 0.343 e. The number of halogens is 1. The zero-order valence-electron chi connectivity index (χ0n) is 23.5. The van der Waals surface area contributed by atoms with E-state index in [1.807, 2.05) is 19.1 Å². The predicted octanol–water partition coefficient (Wildman–Crippen LogP) is 6.82. The van der Waals surface area contributed by atoms with Crippen molar-refractivity contribution in [1.82, 2.24) is 5.43 Å². The lowest BCUT2D eigenvalue weighted by atomic mass is 10.0. The highest BCUT2D eigenvalue weighted by atomic mass is 79.9. The summed E-state index contributed by atoms with van der Waals surface area (Å²) in [5.74, 6) is 1.30. The number of aryl methyl sites for hydroxylation is 1. The van der Waals surface area contributed by atoms with Crippen molar-refractivity contribution in [2.75, 3.05) is 20.3 Å². The maximum atomic E-state index is 12.6. The first kappa shape index (κ1) is 30.7. The molecule has 9 heteroatoms. The maximum Gasteiger partial charge on any atom is 0.343 e. The average molecular weight is 612 g/mol. The Morgan fingerprint density at radius 1 is 1.00 bits per heavy atom. The summed E-state index contributed by atoms with van der Waals surface area (Å²) in [4.78, 5) is 24.9. The van der Waals surface area contributed by atoms with Crippen LogP contribution in [0.2, 0.25) is 0 Å². The number of hydrazone groups is 1. The van der Waals surface area contributed by atoms with Gasteiger partial charge in [-0.2, -0.15) is 5.10 Å². The van der Waals surface area contributed by atoms with E-state index in [1.165, 1.54) is 13.3 Å². The zero-order chi connectivity index (χ0) is 29.1. The van der Waals surface area contributed by atoms with Gasteiger partial charge in [0.2, 0.25) is 0 Å². The predicted molar refractivity (Wildman–Crippen MR) is 159 cm³/mol. The Morgan fingerprint density at radius 2 is 1.75 bits per heavy atom. The van der Waals surface area contributed by atoms with Crippen LogP contribution in [0, 0.1) is 6.92 Å². The van der Waals surface area contributed by atoms with Gasteiger partial charge >= 0.3 is 5.97 Å². The van der Waals surface area contributed by atoms with Crippen LogP contribution in [0.4, 0.5) is 0 Å². The van der Waals surface area contributed by atoms with Crippen LogP contribution in [0.25, 0.3) is 0 Å². The fraction of sp³-hybridized carbons (Fsp3) is 0.323. The van der Waals surface area contributed by atoms with Crippen LogP contribution in [0.15, 0.2) is 64.2 Å². The lowest BCUT2D eigenvalue weighted by Gasteiger charge is -2.15. The molecule has 0 atom stereocenters. The van der Waals surface area contributed by atoms with Gasteiger partial charge in [-0.05, 0) is 90.6 Å².